The van der Waals surface area contributed by atoms with Crippen LogP contribution in [0.1, 0.15) is 36.4 Å². The molecular formula is C24H21NO3. The normalized spacial score (nSPS) is 18.5. The molecule has 1 aliphatic heterocycles. The van der Waals surface area contributed by atoms with Crippen LogP contribution in [0.3, 0.4) is 0 Å². The maximum absolute atomic E-state index is 13.0. The number of allylic oxidation sites excluding steroid dienone is 1. The van der Waals surface area contributed by atoms with Gasteiger partial charge in [-0.3, -0.25) is 4.79 Å². The zero-order chi connectivity index (χ0) is 19.3. The van der Waals surface area contributed by atoms with Gasteiger partial charge in [0.2, 0.25) is 0 Å². The average molecular weight is 371 g/mol. The van der Waals surface area contributed by atoms with Crippen molar-refractivity contribution >= 4 is 27.8 Å². The molecule has 0 unspecified atom stereocenters. The van der Waals surface area contributed by atoms with Crippen molar-refractivity contribution in [2.75, 3.05) is 12.4 Å². The first kappa shape index (κ1) is 16.9. The minimum absolute atomic E-state index is 0.0805. The number of Topliss-reactive ketones (excluding diaryl/α,β-unsaturated/α-hetero) is 1. The minimum atomic E-state index is -0.383. The predicted molar refractivity (Wildman–Crippen MR) is 111 cm³/mol. The molecule has 3 aromatic rings. The molecule has 0 spiro atoms. The molecule has 0 fully saturated rings. The maximum Gasteiger partial charge on any atom is 0.163 e. The summed E-state index contributed by atoms with van der Waals surface area (Å²) >= 11 is 0. The van der Waals surface area contributed by atoms with Gasteiger partial charge in [0.25, 0.3) is 0 Å². The molecule has 1 aliphatic carbocycles. The molecule has 0 radical (unpaired) electrons. The third kappa shape index (κ3) is 2.41. The van der Waals surface area contributed by atoms with Gasteiger partial charge in [0, 0.05) is 28.8 Å². The summed E-state index contributed by atoms with van der Waals surface area (Å²) in [6.07, 6.45) is 2.27. The van der Waals surface area contributed by atoms with Crippen LogP contribution in [0.2, 0.25) is 0 Å². The highest BCUT2D eigenvalue weighted by Crippen LogP contribution is 2.50. The Morgan fingerprint density at radius 3 is 2.75 bits per heavy atom. The summed E-state index contributed by atoms with van der Waals surface area (Å²) in [6.45, 7) is 0. The lowest BCUT2D eigenvalue weighted by Gasteiger charge is -2.35. The first-order valence-electron chi connectivity index (χ1n) is 9.60. The number of ether oxygens (including phenoxy) is 1. The number of para-hydroxylation sites is 1. The Labute approximate surface area is 163 Å². The van der Waals surface area contributed by atoms with Crippen molar-refractivity contribution in [2.45, 2.75) is 25.3 Å². The van der Waals surface area contributed by atoms with Crippen LogP contribution < -0.4 is 10.1 Å². The molecule has 28 heavy (non-hydrogen) atoms. The molecule has 0 saturated carbocycles. The molecular weight excluding hydrogens is 350 g/mol. The molecule has 0 amide bonds. The molecule has 5 rings (SSSR count). The number of fused-ring (bicyclic) bond motifs is 4. The summed E-state index contributed by atoms with van der Waals surface area (Å²) in [7, 11) is 1.53. The van der Waals surface area contributed by atoms with Gasteiger partial charge in [0.15, 0.2) is 17.3 Å². The number of phenolic OH excluding ortho intramolecular Hbond substituents is 1. The Morgan fingerprint density at radius 1 is 1.04 bits per heavy atom. The van der Waals surface area contributed by atoms with Gasteiger partial charge in [-0.15, -0.1) is 0 Å². The molecule has 0 bridgehead atoms. The van der Waals surface area contributed by atoms with Crippen LogP contribution in [-0.4, -0.2) is 18.0 Å². The third-order valence-corrected chi connectivity index (χ3v) is 5.84. The maximum atomic E-state index is 13.0. The zero-order valence-electron chi connectivity index (χ0n) is 15.7. The SMILES string of the molecule is COc1cccc([C@H]2Nc3ccc4ccccc4c3C3=C2C(=O)CCC3)c1O. The van der Waals surface area contributed by atoms with Crippen LogP contribution in [0.5, 0.6) is 11.5 Å². The van der Waals surface area contributed by atoms with E-state index in [4.69, 9.17) is 4.74 Å². The predicted octanol–water partition coefficient (Wildman–Crippen LogP) is 5.23. The Hall–Kier alpha value is -3.27. The van der Waals surface area contributed by atoms with Gasteiger partial charge in [-0.05, 0) is 41.3 Å². The van der Waals surface area contributed by atoms with Gasteiger partial charge in [-0.1, -0.05) is 42.5 Å². The highest BCUT2D eigenvalue weighted by atomic mass is 16.5. The number of nitrogens with one attached hydrogen (secondary N) is 1. The van der Waals surface area contributed by atoms with Crippen LogP contribution in [-0.2, 0) is 4.79 Å². The van der Waals surface area contributed by atoms with Gasteiger partial charge in [-0.25, -0.2) is 0 Å². The standard InChI is InChI=1S/C24H21NO3/c1-28-20-11-5-9-17(24(20)27)23-22-16(8-4-10-19(22)26)21-15-7-3-2-6-14(15)12-13-18(21)25-23/h2-3,5-7,9,11-13,23,25,27H,4,8,10H2,1H3/t23-/m1/s1. The van der Waals surface area contributed by atoms with E-state index in [1.54, 1.807) is 6.07 Å². The van der Waals surface area contributed by atoms with Gasteiger partial charge in [-0.2, -0.15) is 0 Å². The van der Waals surface area contributed by atoms with E-state index in [9.17, 15) is 9.90 Å². The second kappa shape index (κ2) is 6.41. The quantitative estimate of drug-likeness (QED) is 0.648. The summed E-state index contributed by atoms with van der Waals surface area (Å²) in [5.74, 6) is 0.644. The summed E-state index contributed by atoms with van der Waals surface area (Å²) in [5.41, 5.74) is 4.67. The van der Waals surface area contributed by atoms with E-state index in [0.29, 0.717) is 17.7 Å². The number of rotatable bonds is 2. The van der Waals surface area contributed by atoms with Crippen molar-refractivity contribution in [1.82, 2.24) is 0 Å². The van der Waals surface area contributed by atoms with Crippen LogP contribution >= 0.6 is 0 Å². The van der Waals surface area contributed by atoms with E-state index < -0.39 is 0 Å². The molecule has 4 nitrogen and oxygen atoms in total. The van der Waals surface area contributed by atoms with E-state index in [1.807, 2.05) is 24.3 Å². The van der Waals surface area contributed by atoms with Gasteiger partial charge in [0.1, 0.15) is 0 Å². The number of benzene rings is 3. The zero-order valence-corrected chi connectivity index (χ0v) is 15.7. The molecule has 1 atom stereocenters. The fraction of sp³-hybridized carbons (Fsp3) is 0.208. The largest absolute Gasteiger partial charge is 0.504 e. The van der Waals surface area contributed by atoms with Crippen molar-refractivity contribution in [2.24, 2.45) is 0 Å². The average Bonchev–Trinajstić information content (AvgIpc) is 2.73. The minimum Gasteiger partial charge on any atom is -0.504 e. The number of methoxy groups -OCH3 is 1. The highest BCUT2D eigenvalue weighted by Gasteiger charge is 2.36. The van der Waals surface area contributed by atoms with Crippen LogP contribution in [0.15, 0.2) is 60.2 Å². The molecule has 1 heterocycles. The van der Waals surface area contributed by atoms with E-state index in [2.05, 4.69) is 29.6 Å². The Bertz CT molecular complexity index is 1150. The van der Waals surface area contributed by atoms with Gasteiger partial charge >= 0.3 is 0 Å². The van der Waals surface area contributed by atoms with E-state index in [-0.39, 0.29) is 17.6 Å². The molecule has 2 aliphatic rings. The fourth-order valence-electron chi connectivity index (χ4n) is 4.57. The Kier molecular flexibility index (Phi) is 3.86. The fourth-order valence-corrected chi connectivity index (χ4v) is 4.57. The summed E-state index contributed by atoms with van der Waals surface area (Å²) in [6, 6.07) is 17.5. The molecule has 3 aromatic carbocycles. The Morgan fingerprint density at radius 2 is 1.89 bits per heavy atom. The molecule has 0 aromatic heterocycles. The number of phenols is 1. The van der Waals surface area contributed by atoms with Gasteiger partial charge in [0.05, 0.1) is 13.2 Å². The molecule has 0 saturated heterocycles. The van der Waals surface area contributed by atoms with Crippen molar-refractivity contribution in [1.29, 1.82) is 0 Å². The second-order valence-electron chi connectivity index (χ2n) is 7.35. The van der Waals surface area contributed by atoms with Crippen LogP contribution in [0.4, 0.5) is 5.69 Å². The first-order chi connectivity index (χ1) is 13.7. The topological polar surface area (TPSA) is 58.6 Å². The summed E-state index contributed by atoms with van der Waals surface area (Å²) in [5, 5.41) is 16.6. The van der Waals surface area contributed by atoms with E-state index >= 15 is 0 Å². The van der Waals surface area contributed by atoms with Gasteiger partial charge < -0.3 is 15.2 Å². The number of ketones is 1. The van der Waals surface area contributed by atoms with Crippen molar-refractivity contribution in [3.8, 4) is 11.5 Å². The van der Waals surface area contributed by atoms with E-state index in [1.165, 1.54) is 7.11 Å². The van der Waals surface area contributed by atoms with Crippen molar-refractivity contribution < 1.29 is 14.6 Å². The number of hydrogen-bond donors (Lipinski definition) is 2. The van der Waals surface area contributed by atoms with Crippen molar-refractivity contribution in [3.05, 3.63) is 71.3 Å². The number of aromatic hydroxyl groups is 1. The Balaban J connectivity index is 1.78. The lowest BCUT2D eigenvalue weighted by atomic mass is 9.76. The van der Waals surface area contributed by atoms with Crippen molar-refractivity contribution in [3.63, 3.8) is 0 Å². The number of anilines is 1. The first-order valence-corrected chi connectivity index (χ1v) is 9.60. The lowest BCUT2D eigenvalue weighted by Crippen LogP contribution is -2.27. The highest BCUT2D eigenvalue weighted by molar-refractivity contribution is 6.12. The molecule has 2 N–H and O–H groups in total. The number of hydrogen-bond acceptors (Lipinski definition) is 4. The van der Waals surface area contributed by atoms with Crippen LogP contribution in [0.25, 0.3) is 16.3 Å². The van der Waals surface area contributed by atoms with Crippen LogP contribution in [0, 0.1) is 0 Å². The summed E-state index contributed by atoms with van der Waals surface area (Å²) in [4.78, 5) is 13.0. The summed E-state index contributed by atoms with van der Waals surface area (Å²) < 4.78 is 5.29. The smallest absolute Gasteiger partial charge is 0.163 e. The molecule has 4 heteroatoms. The second-order valence-corrected chi connectivity index (χ2v) is 7.35. The number of carbonyl (C=O) groups excluding carboxylic acids is 1. The monoisotopic (exact) mass is 371 g/mol. The lowest BCUT2D eigenvalue weighted by molar-refractivity contribution is -0.116. The third-order valence-electron chi connectivity index (χ3n) is 5.84. The van der Waals surface area contributed by atoms with E-state index in [0.717, 1.165) is 46.0 Å². The molecule has 140 valence electrons. The number of carbonyl (C=O) groups is 1.